The summed E-state index contributed by atoms with van der Waals surface area (Å²) in [6.07, 6.45) is 1.55. The standard InChI is InChI=1S/C24H31N3O5S/c1-25-23(28)16-27-17-24(18-32-21-8-3-4-9-22(21)33(27,29)30)10-12-26(13-11-24)15-19-6-5-7-20(14-19)31-2/h3-9,14H,10-13,15-18H2,1-2H3,(H,25,28). The Hall–Kier alpha value is -2.62. The summed E-state index contributed by atoms with van der Waals surface area (Å²) in [5, 5.41) is 2.55. The molecule has 4 rings (SSSR count). The van der Waals surface area contributed by atoms with Crippen LogP contribution < -0.4 is 14.8 Å². The van der Waals surface area contributed by atoms with Crippen molar-refractivity contribution in [2.75, 3.05) is 46.9 Å². The van der Waals surface area contributed by atoms with Crippen molar-refractivity contribution in [3.8, 4) is 11.5 Å². The molecule has 0 aromatic heterocycles. The summed E-state index contributed by atoms with van der Waals surface area (Å²) in [6, 6.07) is 14.7. The lowest BCUT2D eigenvalue weighted by Crippen LogP contribution is -2.53. The van der Waals surface area contributed by atoms with Crippen molar-refractivity contribution in [2.24, 2.45) is 5.41 Å². The summed E-state index contributed by atoms with van der Waals surface area (Å²) in [6.45, 7) is 2.90. The second kappa shape index (κ2) is 9.70. The van der Waals surface area contributed by atoms with Gasteiger partial charge in [0.1, 0.15) is 16.4 Å². The Morgan fingerprint density at radius 3 is 2.64 bits per heavy atom. The van der Waals surface area contributed by atoms with Gasteiger partial charge in [-0.25, -0.2) is 8.42 Å². The van der Waals surface area contributed by atoms with Crippen LogP contribution in [0, 0.1) is 5.41 Å². The van der Waals surface area contributed by atoms with Gasteiger partial charge < -0.3 is 14.8 Å². The fourth-order valence-electron chi connectivity index (χ4n) is 4.55. The monoisotopic (exact) mass is 473 g/mol. The maximum atomic E-state index is 13.5. The predicted molar refractivity (Wildman–Crippen MR) is 125 cm³/mol. The first-order chi connectivity index (χ1) is 15.8. The van der Waals surface area contributed by atoms with E-state index >= 15 is 0 Å². The fraction of sp³-hybridized carbons (Fsp3) is 0.458. The molecule has 9 heteroatoms. The van der Waals surface area contributed by atoms with Crippen molar-refractivity contribution in [1.82, 2.24) is 14.5 Å². The molecule has 2 heterocycles. The Labute approximate surface area is 195 Å². The van der Waals surface area contributed by atoms with Crippen LogP contribution in [0.4, 0.5) is 0 Å². The molecule has 1 N–H and O–H groups in total. The average molecular weight is 474 g/mol. The minimum absolute atomic E-state index is 0.110. The molecule has 2 aromatic carbocycles. The molecule has 1 amide bonds. The average Bonchev–Trinajstić information content (AvgIpc) is 2.83. The first kappa shape index (κ1) is 23.5. The molecule has 2 aromatic rings. The zero-order chi connectivity index (χ0) is 23.5. The molecule has 2 aliphatic rings. The van der Waals surface area contributed by atoms with E-state index in [1.54, 1.807) is 25.3 Å². The lowest BCUT2D eigenvalue weighted by Gasteiger charge is -2.44. The van der Waals surface area contributed by atoms with Crippen LogP contribution in [0.15, 0.2) is 53.4 Å². The third kappa shape index (κ3) is 5.15. The van der Waals surface area contributed by atoms with Crippen LogP contribution >= 0.6 is 0 Å². The Kier molecular flexibility index (Phi) is 6.92. The first-order valence-electron chi connectivity index (χ1n) is 11.1. The van der Waals surface area contributed by atoms with Gasteiger partial charge in [-0.05, 0) is 55.8 Å². The summed E-state index contributed by atoms with van der Waals surface area (Å²) < 4.78 is 39.7. The number of fused-ring (bicyclic) bond motifs is 1. The Morgan fingerprint density at radius 2 is 1.91 bits per heavy atom. The second-order valence-electron chi connectivity index (χ2n) is 8.81. The molecular formula is C24H31N3O5S. The zero-order valence-corrected chi connectivity index (χ0v) is 19.9. The quantitative estimate of drug-likeness (QED) is 0.716. The van der Waals surface area contributed by atoms with Gasteiger partial charge in [0.25, 0.3) is 0 Å². The SMILES string of the molecule is CNC(=O)CN1CC2(CCN(Cc3cccc(OC)c3)CC2)COc2ccccc2S1(=O)=O. The number of amides is 1. The molecule has 0 saturated carbocycles. The molecule has 2 aliphatic heterocycles. The van der Waals surface area contributed by atoms with Gasteiger partial charge in [0.05, 0.1) is 20.3 Å². The smallest absolute Gasteiger partial charge is 0.247 e. The van der Waals surface area contributed by atoms with Crippen LogP contribution in [0.2, 0.25) is 0 Å². The molecule has 33 heavy (non-hydrogen) atoms. The van der Waals surface area contributed by atoms with E-state index in [1.807, 2.05) is 18.2 Å². The van der Waals surface area contributed by atoms with Gasteiger partial charge in [0, 0.05) is 25.6 Å². The number of piperidine rings is 1. The Morgan fingerprint density at radius 1 is 1.15 bits per heavy atom. The van der Waals surface area contributed by atoms with Gasteiger partial charge in [-0.2, -0.15) is 4.31 Å². The van der Waals surface area contributed by atoms with Crippen LogP contribution in [0.25, 0.3) is 0 Å². The van der Waals surface area contributed by atoms with E-state index in [0.717, 1.165) is 38.2 Å². The number of hydrogen-bond acceptors (Lipinski definition) is 6. The van der Waals surface area contributed by atoms with Crippen LogP contribution in [0.3, 0.4) is 0 Å². The predicted octanol–water partition coefficient (Wildman–Crippen LogP) is 2.11. The van der Waals surface area contributed by atoms with Crippen LogP contribution in [-0.4, -0.2) is 70.5 Å². The maximum Gasteiger partial charge on any atom is 0.247 e. The third-order valence-electron chi connectivity index (χ3n) is 6.57. The minimum Gasteiger partial charge on any atom is -0.497 e. The number of methoxy groups -OCH3 is 1. The molecule has 0 radical (unpaired) electrons. The number of benzene rings is 2. The number of likely N-dealkylation sites (N-methyl/N-ethyl adjacent to an activating group) is 1. The van der Waals surface area contributed by atoms with E-state index in [9.17, 15) is 13.2 Å². The van der Waals surface area contributed by atoms with Crippen molar-refractivity contribution >= 4 is 15.9 Å². The number of nitrogens with one attached hydrogen (secondary N) is 1. The van der Waals surface area contributed by atoms with Crippen molar-refractivity contribution in [1.29, 1.82) is 0 Å². The number of para-hydroxylation sites is 1. The molecule has 0 bridgehead atoms. The zero-order valence-electron chi connectivity index (χ0n) is 19.1. The summed E-state index contributed by atoms with van der Waals surface area (Å²) >= 11 is 0. The van der Waals surface area contributed by atoms with Crippen molar-refractivity contribution in [2.45, 2.75) is 24.3 Å². The van der Waals surface area contributed by atoms with Crippen molar-refractivity contribution in [3.63, 3.8) is 0 Å². The van der Waals surface area contributed by atoms with Crippen LogP contribution in [0.5, 0.6) is 11.5 Å². The molecule has 0 atom stereocenters. The highest BCUT2D eigenvalue weighted by atomic mass is 32.2. The number of sulfonamides is 1. The van der Waals surface area contributed by atoms with Gasteiger partial charge in [0.15, 0.2) is 0 Å². The summed E-state index contributed by atoms with van der Waals surface area (Å²) in [7, 11) is -0.694. The third-order valence-corrected chi connectivity index (χ3v) is 8.40. The topological polar surface area (TPSA) is 88.2 Å². The number of nitrogens with zero attached hydrogens (tertiary/aromatic N) is 2. The van der Waals surface area contributed by atoms with Gasteiger partial charge in [-0.1, -0.05) is 24.3 Å². The molecule has 1 spiro atoms. The lowest BCUT2D eigenvalue weighted by atomic mass is 9.78. The number of ether oxygens (including phenoxy) is 2. The van der Waals surface area contributed by atoms with E-state index in [2.05, 4.69) is 16.3 Å². The van der Waals surface area contributed by atoms with Gasteiger partial charge in [-0.3, -0.25) is 9.69 Å². The number of carbonyl (C=O) groups is 1. The van der Waals surface area contributed by atoms with E-state index < -0.39 is 10.0 Å². The lowest BCUT2D eigenvalue weighted by molar-refractivity contribution is -0.121. The largest absolute Gasteiger partial charge is 0.497 e. The maximum absolute atomic E-state index is 13.5. The summed E-state index contributed by atoms with van der Waals surface area (Å²) in [5.74, 6) is 0.851. The molecule has 0 unspecified atom stereocenters. The molecule has 8 nitrogen and oxygen atoms in total. The normalized spacial score (nSPS) is 20.2. The number of likely N-dealkylation sites (tertiary alicyclic amines) is 1. The Bertz CT molecular complexity index is 1100. The van der Waals surface area contributed by atoms with Gasteiger partial charge in [-0.15, -0.1) is 0 Å². The summed E-state index contributed by atoms with van der Waals surface area (Å²) in [5.41, 5.74) is 0.816. The fourth-order valence-corrected chi connectivity index (χ4v) is 6.20. The second-order valence-corrected chi connectivity index (χ2v) is 10.7. The van der Waals surface area contributed by atoms with Gasteiger partial charge >= 0.3 is 0 Å². The Balaban J connectivity index is 1.54. The van der Waals surface area contributed by atoms with E-state index in [-0.39, 0.29) is 29.3 Å². The number of hydrogen-bond donors (Lipinski definition) is 1. The van der Waals surface area contributed by atoms with Crippen LogP contribution in [-0.2, 0) is 21.4 Å². The van der Waals surface area contributed by atoms with Crippen LogP contribution in [0.1, 0.15) is 18.4 Å². The van der Waals surface area contributed by atoms with Crippen molar-refractivity contribution < 1.29 is 22.7 Å². The highest BCUT2D eigenvalue weighted by molar-refractivity contribution is 7.89. The molecule has 1 saturated heterocycles. The molecule has 0 aliphatic carbocycles. The number of carbonyl (C=O) groups excluding carboxylic acids is 1. The molecule has 1 fully saturated rings. The van der Waals surface area contributed by atoms with E-state index in [0.29, 0.717) is 12.4 Å². The van der Waals surface area contributed by atoms with E-state index in [1.165, 1.54) is 23.0 Å². The number of rotatable bonds is 5. The van der Waals surface area contributed by atoms with Gasteiger partial charge in [0.2, 0.25) is 15.9 Å². The van der Waals surface area contributed by atoms with Crippen molar-refractivity contribution in [3.05, 3.63) is 54.1 Å². The van der Waals surface area contributed by atoms with E-state index in [4.69, 9.17) is 9.47 Å². The molecular weight excluding hydrogens is 442 g/mol. The highest BCUT2D eigenvalue weighted by Gasteiger charge is 2.43. The molecule has 178 valence electrons. The highest BCUT2D eigenvalue weighted by Crippen LogP contribution is 2.39. The summed E-state index contributed by atoms with van der Waals surface area (Å²) in [4.78, 5) is 14.7. The minimum atomic E-state index is -3.87. The first-order valence-corrected chi connectivity index (χ1v) is 12.6.